The molecular weight excluding hydrogens is 184 g/mol. The Kier molecular flexibility index (Phi) is 2.35. The molecule has 0 fully saturated rings. The summed E-state index contributed by atoms with van der Waals surface area (Å²) in [6.07, 6.45) is 1.84. The summed E-state index contributed by atoms with van der Waals surface area (Å²) in [7, 11) is 0. The third kappa shape index (κ3) is 2.27. The van der Waals surface area contributed by atoms with E-state index in [1.807, 2.05) is 24.4 Å². The van der Waals surface area contributed by atoms with E-state index in [4.69, 9.17) is 0 Å². The Labute approximate surface area is 90.3 Å². The maximum atomic E-state index is 4.38. The lowest BCUT2D eigenvalue weighted by Crippen LogP contribution is -2.26. The van der Waals surface area contributed by atoms with E-state index in [1.54, 1.807) is 0 Å². The number of hydrogen-bond donors (Lipinski definition) is 1. The molecule has 1 heterocycles. The van der Waals surface area contributed by atoms with Crippen LogP contribution in [0, 0.1) is 0 Å². The lowest BCUT2D eigenvalue weighted by atomic mass is 10.1. The predicted octanol–water partition coefficient (Wildman–Crippen LogP) is 3.45. The largest absolute Gasteiger partial charge is 0.365 e. The minimum absolute atomic E-state index is 0.0388. The Morgan fingerprint density at radius 2 is 1.80 bits per heavy atom. The van der Waals surface area contributed by atoms with Crippen LogP contribution in [0.5, 0.6) is 0 Å². The van der Waals surface area contributed by atoms with Gasteiger partial charge in [0.05, 0.1) is 0 Å². The van der Waals surface area contributed by atoms with Gasteiger partial charge in [-0.25, -0.2) is 4.98 Å². The molecule has 1 aromatic carbocycles. The van der Waals surface area contributed by atoms with Gasteiger partial charge < -0.3 is 5.32 Å². The van der Waals surface area contributed by atoms with Crippen molar-refractivity contribution in [1.29, 1.82) is 0 Å². The van der Waals surface area contributed by atoms with E-state index in [1.165, 1.54) is 10.8 Å². The maximum Gasteiger partial charge on any atom is 0.134 e. The molecule has 1 aromatic heterocycles. The fraction of sp³-hybridized carbons (Fsp3) is 0.308. The summed E-state index contributed by atoms with van der Waals surface area (Å²) in [6, 6.07) is 10.3. The third-order valence-electron chi connectivity index (χ3n) is 2.17. The Hall–Kier alpha value is -1.57. The lowest BCUT2D eigenvalue weighted by molar-refractivity contribution is 0.631. The first-order valence-electron chi connectivity index (χ1n) is 5.18. The lowest BCUT2D eigenvalue weighted by Gasteiger charge is -2.22. The molecule has 78 valence electrons. The zero-order chi connectivity index (χ0) is 10.9. The van der Waals surface area contributed by atoms with E-state index < -0.39 is 0 Å². The Balaban J connectivity index is 2.52. The highest BCUT2D eigenvalue weighted by molar-refractivity contribution is 5.91. The van der Waals surface area contributed by atoms with Gasteiger partial charge >= 0.3 is 0 Å². The standard InChI is InChI=1S/C13H16N2/c1-13(2,3)15-12-11-7-5-4-6-10(11)8-9-14-12/h4-9H,1-3H3,(H,14,15). The van der Waals surface area contributed by atoms with E-state index >= 15 is 0 Å². The van der Waals surface area contributed by atoms with Crippen LogP contribution in [-0.4, -0.2) is 10.5 Å². The highest BCUT2D eigenvalue weighted by Gasteiger charge is 2.11. The monoisotopic (exact) mass is 200 g/mol. The van der Waals surface area contributed by atoms with Crippen molar-refractivity contribution in [2.24, 2.45) is 0 Å². The van der Waals surface area contributed by atoms with Gasteiger partial charge in [0.25, 0.3) is 0 Å². The average Bonchev–Trinajstić information content (AvgIpc) is 2.16. The highest BCUT2D eigenvalue weighted by atomic mass is 15.0. The second kappa shape index (κ2) is 3.54. The Morgan fingerprint density at radius 1 is 1.07 bits per heavy atom. The van der Waals surface area contributed by atoms with E-state index in [0.29, 0.717) is 0 Å². The van der Waals surface area contributed by atoms with Crippen LogP contribution in [0.1, 0.15) is 20.8 Å². The molecule has 0 bridgehead atoms. The van der Waals surface area contributed by atoms with Crippen molar-refractivity contribution in [3.63, 3.8) is 0 Å². The molecule has 0 aliphatic rings. The maximum absolute atomic E-state index is 4.38. The molecule has 0 aliphatic carbocycles. The number of aromatic nitrogens is 1. The molecule has 0 amide bonds. The number of rotatable bonds is 1. The fourth-order valence-corrected chi connectivity index (χ4v) is 1.57. The van der Waals surface area contributed by atoms with Gasteiger partial charge in [0.15, 0.2) is 0 Å². The number of pyridine rings is 1. The predicted molar refractivity (Wildman–Crippen MR) is 65.1 cm³/mol. The van der Waals surface area contributed by atoms with Gasteiger partial charge in [-0.1, -0.05) is 24.3 Å². The van der Waals surface area contributed by atoms with E-state index in [-0.39, 0.29) is 5.54 Å². The van der Waals surface area contributed by atoms with Crippen LogP contribution in [0.25, 0.3) is 10.8 Å². The summed E-state index contributed by atoms with van der Waals surface area (Å²) in [6.45, 7) is 6.41. The van der Waals surface area contributed by atoms with Crippen LogP contribution in [0.3, 0.4) is 0 Å². The number of anilines is 1. The van der Waals surface area contributed by atoms with Crippen LogP contribution >= 0.6 is 0 Å². The van der Waals surface area contributed by atoms with E-state index in [2.05, 4.69) is 43.2 Å². The first-order valence-corrected chi connectivity index (χ1v) is 5.18. The van der Waals surface area contributed by atoms with Crippen molar-refractivity contribution in [2.75, 3.05) is 5.32 Å². The zero-order valence-corrected chi connectivity index (χ0v) is 9.41. The normalized spacial score (nSPS) is 11.7. The number of nitrogens with one attached hydrogen (secondary N) is 1. The average molecular weight is 200 g/mol. The van der Waals surface area contributed by atoms with Gasteiger partial charge in [-0.15, -0.1) is 0 Å². The summed E-state index contributed by atoms with van der Waals surface area (Å²) < 4.78 is 0. The van der Waals surface area contributed by atoms with Crippen LogP contribution in [0.2, 0.25) is 0 Å². The number of nitrogens with zero attached hydrogens (tertiary/aromatic N) is 1. The second-order valence-corrected chi connectivity index (χ2v) is 4.76. The summed E-state index contributed by atoms with van der Waals surface area (Å²) >= 11 is 0. The molecule has 0 spiro atoms. The molecule has 1 N–H and O–H groups in total. The molecular formula is C13H16N2. The van der Waals surface area contributed by atoms with Crippen molar-refractivity contribution in [3.05, 3.63) is 36.5 Å². The summed E-state index contributed by atoms with van der Waals surface area (Å²) in [5.74, 6) is 0.959. The Morgan fingerprint density at radius 3 is 2.53 bits per heavy atom. The molecule has 0 radical (unpaired) electrons. The Bertz CT molecular complexity index is 464. The van der Waals surface area contributed by atoms with Gasteiger partial charge in [0, 0.05) is 17.1 Å². The van der Waals surface area contributed by atoms with Gasteiger partial charge in [-0.2, -0.15) is 0 Å². The SMILES string of the molecule is CC(C)(C)Nc1nccc2ccccc12. The number of hydrogen-bond acceptors (Lipinski definition) is 2. The van der Waals surface area contributed by atoms with Gasteiger partial charge in [0.2, 0.25) is 0 Å². The van der Waals surface area contributed by atoms with Crippen LogP contribution in [-0.2, 0) is 0 Å². The van der Waals surface area contributed by atoms with Crippen LogP contribution in [0.15, 0.2) is 36.5 Å². The molecule has 2 nitrogen and oxygen atoms in total. The van der Waals surface area contributed by atoms with Crippen molar-refractivity contribution in [1.82, 2.24) is 4.98 Å². The minimum Gasteiger partial charge on any atom is -0.365 e. The first kappa shape index (κ1) is 9.97. The van der Waals surface area contributed by atoms with Gasteiger partial charge in [-0.3, -0.25) is 0 Å². The topological polar surface area (TPSA) is 24.9 Å². The quantitative estimate of drug-likeness (QED) is 0.762. The molecule has 15 heavy (non-hydrogen) atoms. The van der Waals surface area contributed by atoms with Crippen LogP contribution < -0.4 is 5.32 Å². The molecule has 2 heteroatoms. The first-order chi connectivity index (χ1) is 7.06. The van der Waals surface area contributed by atoms with Crippen molar-refractivity contribution in [2.45, 2.75) is 26.3 Å². The van der Waals surface area contributed by atoms with Crippen LogP contribution in [0.4, 0.5) is 5.82 Å². The smallest absolute Gasteiger partial charge is 0.134 e. The molecule has 0 aliphatic heterocycles. The van der Waals surface area contributed by atoms with Crippen molar-refractivity contribution < 1.29 is 0 Å². The summed E-state index contributed by atoms with van der Waals surface area (Å²) in [4.78, 5) is 4.38. The van der Waals surface area contributed by atoms with Crippen molar-refractivity contribution >= 4 is 16.6 Å². The molecule has 0 atom stereocenters. The van der Waals surface area contributed by atoms with Gasteiger partial charge in [0.1, 0.15) is 5.82 Å². The van der Waals surface area contributed by atoms with Gasteiger partial charge in [-0.05, 0) is 32.2 Å². The summed E-state index contributed by atoms with van der Waals surface area (Å²) in [5, 5.41) is 5.81. The minimum atomic E-state index is 0.0388. The number of fused-ring (bicyclic) bond motifs is 1. The van der Waals surface area contributed by atoms with Crippen molar-refractivity contribution in [3.8, 4) is 0 Å². The highest BCUT2D eigenvalue weighted by Crippen LogP contribution is 2.22. The molecule has 0 unspecified atom stereocenters. The van der Waals surface area contributed by atoms with E-state index in [0.717, 1.165) is 5.82 Å². The third-order valence-corrected chi connectivity index (χ3v) is 2.17. The van der Waals surface area contributed by atoms with E-state index in [9.17, 15) is 0 Å². The fourth-order valence-electron chi connectivity index (χ4n) is 1.57. The number of benzene rings is 1. The second-order valence-electron chi connectivity index (χ2n) is 4.76. The molecule has 2 aromatic rings. The molecule has 0 saturated carbocycles. The summed E-state index contributed by atoms with van der Waals surface area (Å²) in [5.41, 5.74) is 0.0388. The molecule has 0 saturated heterocycles. The molecule has 2 rings (SSSR count). The zero-order valence-electron chi connectivity index (χ0n) is 9.41.